The number of imidazole rings is 1. The van der Waals surface area contributed by atoms with Crippen LogP contribution in [0.4, 0.5) is 5.69 Å². The summed E-state index contributed by atoms with van der Waals surface area (Å²) in [5, 5.41) is 5.36. The first-order valence-corrected chi connectivity index (χ1v) is 8.31. The van der Waals surface area contributed by atoms with Crippen LogP contribution in [0.25, 0.3) is 11.0 Å². The number of fused-ring (bicyclic) bond motifs is 1. The molecule has 0 saturated heterocycles. The first kappa shape index (κ1) is 17.0. The first-order valence-electron chi connectivity index (χ1n) is 7.52. The van der Waals surface area contributed by atoms with E-state index < -0.39 is 6.04 Å². The molecule has 8 heteroatoms. The van der Waals surface area contributed by atoms with Gasteiger partial charge >= 0.3 is 5.69 Å². The average Bonchev–Trinajstić information content (AvgIpc) is 2.94. The Morgan fingerprint density at radius 2 is 1.72 bits per heavy atom. The SMILES string of the molecule is C[C@H](NC(=O)c1ccc(Br)cc1)C(=O)Nc1ccc2[nH]c(=O)[nH]c2c1. The molecule has 2 aromatic carbocycles. The van der Waals surface area contributed by atoms with Crippen LogP contribution in [0.5, 0.6) is 0 Å². The average molecular weight is 403 g/mol. The number of carbonyl (C=O) groups excluding carboxylic acids is 2. The van der Waals surface area contributed by atoms with E-state index >= 15 is 0 Å². The minimum Gasteiger partial charge on any atom is -0.341 e. The molecule has 3 rings (SSSR count). The summed E-state index contributed by atoms with van der Waals surface area (Å²) >= 11 is 3.30. The third kappa shape index (κ3) is 3.97. The minimum absolute atomic E-state index is 0.311. The molecular weight excluding hydrogens is 388 g/mol. The predicted octanol–water partition coefficient (Wildman–Crippen LogP) is 2.38. The van der Waals surface area contributed by atoms with Gasteiger partial charge in [0.05, 0.1) is 11.0 Å². The van der Waals surface area contributed by atoms with E-state index in [1.165, 1.54) is 0 Å². The molecule has 1 heterocycles. The van der Waals surface area contributed by atoms with Gasteiger partial charge in [0, 0.05) is 15.7 Å². The minimum atomic E-state index is -0.725. The van der Waals surface area contributed by atoms with Gasteiger partial charge < -0.3 is 20.6 Å². The van der Waals surface area contributed by atoms with Crippen LogP contribution in [-0.2, 0) is 4.79 Å². The maximum Gasteiger partial charge on any atom is 0.323 e. The number of aromatic amines is 2. The smallest absolute Gasteiger partial charge is 0.323 e. The fourth-order valence-electron chi connectivity index (χ4n) is 2.31. The molecule has 0 fully saturated rings. The molecule has 1 aromatic heterocycles. The molecule has 0 saturated carbocycles. The lowest BCUT2D eigenvalue weighted by atomic mass is 10.2. The quantitative estimate of drug-likeness (QED) is 0.537. The van der Waals surface area contributed by atoms with E-state index in [-0.39, 0.29) is 17.5 Å². The van der Waals surface area contributed by atoms with Crippen LogP contribution in [0.15, 0.2) is 51.7 Å². The van der Waals surface area contributed by atoms with Crippen LogP contribution in [0.1, 0.15) is 17.3 Å². The highest BCUT2D eigenvalue weighted by Crippen LogP contribution is 2.15. The van der Waals surface area contributed by atoms with Crippen molar-refractivity contribution in [2.24, 2.45) is 0 Å². The number of amides is 2. The van der Waals surface area contributed by atoms with E-state index in [2.05, 4.69) is 36.5 Å². The van der Waals surface area contributed by atoms with Crippen molar-refractivity contribution < 1.29 is 9.59 Å². The van der Waals surface area contributed by atoms with Crippen LogP contribution >= 0.6 is 15.9 Å². The number of benzene rings is 2. The van der Waals surface area contributed by atoms with Crippen molar-refractivity contribution in [1.82, 2.24) is 15.3 Å². The molecule has 0 unspecified atom stereocenters. The van der Waals surface area contributed by atoms with Crippen LogP contribution in [-0.4, -0.2) is 27.8 Å². The Hall–Kier alpha value is -2.87. The van der Waals surface area contributed by atoms with Crippen LogP contribution in [0.3, 0.4) is 0 Å². The number of H-pyrrole nitrogens is 2. The number of halogens is 1. The number of anilines is 1. The summed E-state index contributed by atoms with van der Waals surface area (Å²) in [5.41, 5.74) is 1.93. The fourth-order valence-corrected chi connectivity index (χ4v) is 2.57. The van der Waals surface area contributed by atoms with Gasteiger partial charge in [-0.25, -0.2) is 4.79 Å². The number of hydrogen-bond acceptors (Lipinski definition) is 3. The second-order valence-corrected chi connectivity index (χ2v) is 6.45. The molecule has 0 bridgehead atoms. The Kier molecular flexibility index (Phi) is 4.71. The molecule has 128 valence electrons. The summed E-state index contributed by atoms with van der Waals surface area (Å²) in [5.74, 6) is -0.691. The van der Waals surface area contributed by atoms with Crippen LogP contribution in [0, 0.1) is 0 Å². The Balaban J connectivity index is 1.65. The highest BCUT2D eigenvalue weighted by atomic mass is 79.9. The van der Waals surface area contributed by atoms with Gasteiger partial charge in [-0.3, -0.25) is 9.59 Å². The van der Waals surface area contributed by atoms with Gasteiger partial charge in [-0.2, -0.15) is 0 Å². The van der Waals surface area contributed by atoms with Gasteiger partial charge in [0.25, 0.3) is 5.91 Å². The lowest BCUT2D eigenvalue weighted by Gasteiger charge is -2.14. The monoisotopic (exact) mass is 402 g/mol. The Morgan fingerprint density at radius 3 is 2.44 bits per heavy atom. The second kappa shape index (κ2) is 6.94. The van der Waals surface area contributed by atoms with E-state index in [1.54, 1.807) is 49.4 Å². The normalized spacial score (nSPS) is 11.9. The molecule has 4 N–H and O–H groups in total. The summed E-state index contributed by atoms with van der Waals surface area (Å²) in [7, 11) is 0. The number of carbonyl (C=O) groups is 2. The Morgan fingerprint density at radius 1 is 1.04 bits per heavy atom. The standard InChI is InChI=1S/C17H15BrN4O3/c1-9(19-16(24)10-2-4-11(18)5-3-10)15(23)20-12-6-7-13-14(8-12)22-17(25)21-13/h2-9H,1H3,(H,19,24)(H,20,23)(H2,21,22,25)/t9-/m0/s1. The molecule has 0 radical (unpaired) electrons. The zero-order valence-corrected chi connectivity index (χ0v) is 14.8. The molecule has 25 heavy (non-hydrogen) atoms. The van der Waals surface area contributed by atoms with E-state index in [0.29, 0.717) is 22.3 Å². The Labute approximate surface area is 151 Å². The summed E-state index contributed by atoms with van der Waals surface area (Å²) in [6.07, 6.45) is 0. The number of nitrogens with one attached hydrogen (secondary N) is 4. The number of aromatic nitrogens is 2. The molecular formula is C17H15BrN4O3. The molecule has 2 amide bonds. The fraction of sp³-hybridized carbons (Fsp3) is 0.118. The number of hydrogen-bond donors (Lipinski definition) is 4. The van der Waals surface area contributed by atoms with Gasteiger partial charge in [-0.05, 0) is 49.4 Å². The van der Waals surface area contributed by atoms with Crippen molar-refractivity contribution in [3.63, 3.8) is 0 Å². The second-order valence-electron chi connectivity index (χ2n) is 5.53. The van der Waals surface area contributed by atoms with Crippen molar-refractivity contribution in [2.75, 3.05) is 5.32 Å². The lowest BCUT2D eigenvalue weighted by molar-refractivity contribution is -0.117. The van der Waals surface area contributed by atoms with Gasteiger partial charge in [0.15, 0.2) is 0 Å². The van der Waals surface area contributed by atoms with Gasteiger partial charge in [-0.1, -0.05) is 15.9 Å². The summed E-state index contributed by atoms with van der Waals surface area (Å²) in [6.45, 7) is 1.60. The van der Waals surface area contributed by atoms with Crippen LogP contribution in [0.2, 0.25) is 0 Å². The van der Waals surface area contributed by atoms with Crippen molar-refractivity contribution in [2.45, 2.75) is 13.0 Å². The van der Waals surface area contributed by atoms with E-state index in [4.69, 9.17) is 0 Å². The molecule has 0 aliphatic rings. The molecule has 7 nitrogen and oxygen atoms in total. The molecule has 0 aliphatic carbocycles. The predicted molar refractivity (Wildman–Crippen MR) is 98.6 cm³/mol. The van der Waals surface area contributed by atoms with Crippen molar-refractivity contribution in [3.8, 4) is 0 Å². The first-order chi connectivity index (χ1) is 11.9. The highest BCUT2D eigenvalue weighted by Gasteiger charge is 2.17. The molecule has 0 aliphatic heterocycles. The van der Waals surface area contributed by atoms with Crippen molar-refractivity contribution >= 4 is 44.5 Å². The topological polar surface area (TPSA) is 107 Å². The zero-order valence-electron chi connectivity index (χ0n) is 13.2. The maximum absolute atomic E-state index is 12.3. The van der Waals surface area contributed by atoms with E-state index in [9.17, 15) is 14.4 Å². The van der Waals surface area contributed by atoms with Gasteiger partial charge in [-0.15, -0.1) is 0 Å². The largest absolute Gasteiger partial charge is 0.341 e. The van der Waals surface area contributed by atoms with Crippen LogP contribution < -0.4 is 16.3 Å². The number of rotatable bonds is 4. The zero-order chi connectivity index (χ0) is 18.0. The summed E-state index contributed by atoms with van der Waals surface area (Å²) in [6, 6.07) is 11.1. The molecule has 0 spiro atoms. The van der Waals surface area contributed by atoms with Gasteiger partial charge in [0.1, 0.15) is 6.04 Å². The third-order valence-corrected chi connectivity index (χ3v) is 4.16. The Bertz CT molecular complexity index is 991. The highest BCUT2D eigenvalue weighted by molar-refractivity contribution is 9.10. The molecule has 3 aromatic rings. The maximum atomic E-state index is 12.3. The molecule has 1 atom stereocenters. The van der Waals surface area contributed by atoms with Gasteiger partial charge in [0.2, 0.25) is 5.91 Å². The third-order valence-electron chi connectivity index (χ3n) is 3.63. The van der Waals surface area contributed by atoms with Crippen molar-refractivity contribution in [3.05, 3.63) is 63.0 Å². The van der Waals surface area contributed by atoms with E-state index in [1.807, 2.05) is 0 Å². The summed E-state index contributed by atoms with van der Waals surface area (Å²) < 4.78 is 0.869. The lowest BCUT2D eigenvalue weighted by Crippen LogP contribution is -2.41. The summed E-state index contributed by atoms with van der Waals surface area (Å²) in [4.78, 5) is 40.9. The van der Waals surface area contributed by atoms with E-state index in [0.717, 1.165) is 4.47 Å². The van der Waals surface area contributed by atoms with Crippen molar-refractivity contribution in [1.29, 1.82) is 0 Å².